The van der Waals surface area contributed by atoms with Crippen molar-refractivity contribution in [1.82, 2.24) is 0 Å². The Kier molecular flexibility index (Phi) is 3.59. The lowest BCUT2D eigenvalue weighted by atomic mass is 9.95. The fraction of sp³-hybridized carbons (Fsp3) is 0.200. The third kappa shape index (κ3) is 2.37. The Balaban J connectivity index is 1.99. The molecule has 2 aromatic rings. The molecule has 2 nitrogen and oxygen atoms in total. The summed E-state index contributed by atoms with van der Waals surface area (Å²) >= 11 is 11.7. The second-order valence-corrected chi connectivity index (χ2v) is 5.53. The molecule has 2 aromatic carbocycles. The molecule has 2 unspecified atom stereocenters. The number of rotatable bonds is 1. The second kappa shape index (κ2) is 5.24. The van der Waals surface area contributed by atoms with Gasteiger partial charge < -0.3 is 9.84 Å². The van der Waals surface area contributed by atoms with Gasteiger partial charge in [0.05, 0.1) is 11.1 Å². The van der Waals surface area contributed by atoms with Gasteiger partial charge in [0, 0.05) is 22.6 Å². The number of hydrogen-bond acceptors (Lipinski definition) is 2. The maximum Gasteiger partial charge on any atom is 0.148 e. The van der Waals surface area contributed by atoms with E-state index in [0.717, 1.165) is 0 Å². The Morgan fingerprint density at radius 1 is 1.15 bits per heavy atom. The molecule has 1 N–H and O–H groups in total. The molecule has 20 heavy (non-hydrogen) atoms. The highest BCUT2D eigenvalue weighted by molar-refractivity contribution is 6.31. The lowest BCUT2D eigenvalue weighted by Gasteiger charge is -2.30. The van der Waals surface area contributed by atoms with Gasteiger partial charge in [-0.1, -0.05) is 35.3 Å². The minimum absolute atomic E-state index is 0.0440. The first-order valence-electron chi connectivity index (χ1n) is 6.14. The predicted octanol–water partition coefficient (Wildman–Crippen LogP) is 4.69. The standard InChI is InChI=1S/C15H11Cl2FO2/c16-8-4-5-13-10(6-8)12(19)7-14(20-13)9-2-1-3-11(17)15(9)18/h1-6,12,14,19H,7H2. The fourth-order valence-corrected chi connectivity index (χ4v) is 2.74. The Morgan fingerprint density at radius 3 is 2.75 bits per heavy atom. The van der Waals surface area contributed by atoms with Crippen LogP contribution in [0.15, 0.2) is 36.4 Å². The van der Waals surface area contributed by atoms with Crippen LogP contribution in [0.1, 0.15) is 29.8 Å². The quantitative estimate of drug-likeness (QED) is 0.827. The van der Waals surface area contributed by atoms with Gasteiger partial charge in [-0.2, -0.15) is 0 Å². The number of ether oxygens (including phenoxy) is 1. The van der Waals surface area contributed by atoms with E-state index in [9.17, 15) is 9.50 Å². The summed E-state index contributed by atoms with van der Waals surface area (Å²) in [6.07, 6.45) is -1.07. The molecule has 0 bridgehead atoms. The van der Waals surface area contributed by atoms with E-state index in [0.29, 0.717) is 21.9 Å². The largest absolute Gasteiger partial charge is 0.485 e. The molecular weight excluding hydrogens is 302 g/mol. The van der Waals surface area contributed by atoms with Gasteiger partial charge in [-0.25, -0.2) is 4.39 Å². The van der Waals surface area contributed by atoms with Crippen LogP contribution in [-0.4, -0.2) is 5.11 Å². The van der Waals surface area contributed by atoms with E-state index in [2.05, 4.69) is 0 Å². The molecule has 3 rings (SSSR count). The van der Waals surface area contributed by atoms with Crippen molar-refractivity contribution in [3.63, 3.8) is 0 Å². The van der Waals surface area contributed by atoms with Crippen molar-refractivity contribution >= 4 is 23.2 Å². The van der Waals surface area contributed by atoms with Crippen molar-refractivity contribution < 1.29 is 14.2 Å². The zero-order valence-corrected chi connectivity index (χ0v) is 11.8. The molecule has 0 spiro atoms. The number of halogens is 3. The van der Waals surface area contributed by atoms with Crippen LogP contribution in [0.3, 0.4) is 0 Å². The van der Waals surface area contributed by atoms with E-state index in [4.69, 9.17) is 27.9 Å². The number of aliphatic hydroxyl groups excluding tert-OH is 1. The van der Waals surface area contributed by atoms with Gasteiger partial charge >= 0.3 is 0 Å². The van der Waals surface area contributed by atoms with Crippen LogP contribution in [0, 0.1) is 5.82 Å². The van der Waals surface area contributed by atoms with Gasteiger partial charge in [0.1, 0.15) is 17.7 Å². The van der Waals surface area contributed by atoms with Gasteiger partial charge in [0.2, 0.25) is 0 Å². The van der Waals surface area contributed by atoms with Crippen molar-refractivity contribution in [1.29, 1.82) is 0 Å². The molecule has 5 heteroatoms. The van der Waals surface area contributed by atoms with E-state index in [-0.39, 0.29) is 11.4 Å². The topological polar surface area (TPSA) is 29.5 Å². The average Bonchev–Trinajstić information content (AvgIpc) is 2.42. The summed E-state index contributed by atoms with van der Waals surface area (Å²) in [6, 6.07) is 9.76. The highest BCUT2D eigenvalue weighted by Gasteiger charge is 2.30. The van der Waals surface area contributed by atoms with Crippen LogP contribution in [0.4, 0.5) is 4.39 Å². The zero-order valence-electron chi connectivity index (χ0n) is 10.3. The van der Waals surface area contributed by atoms with Crippen molar-refractivity contribution in [2.24, 2.45) is 0 Å². The monoisotopic (exact) mass is 312 g/mol. The van der Waals surface area contributed by atoms with Crippen molar-refractivity contribution in [2.45, 2.75) is 18.6 Å². The molecule has 2 atom stereocenters. The Labute approximate surface area is 125 Å². The predicted molar refractivity (Wildman–Crippen MR) is 75.8 cm³/mol. The Bertz CT molecular complexity index is 660. The summed E-state index contributed by atoms with van der Waals surface area (Å²) in [6.45, 7) is 0. The first-order valence-corrected chi connectivity index (χ1v) is 6.90. The summed E-state index contributed by atoms with van der Waals surface area (Å²) in [5.74, 6) is 0.00121. The van der Waals surface area contributed by atoms with E-state index < -0.39 is 18.0 Å². The first-order chi connectivity index (χ1) is 9.56. The maximum atomic E-state index is 14.0. The van der Waals surface area contributed by atoms with Gasteiger partial charge in [0.25, 0.3) is 0 Å². The SMILES string of the molecule is OC1CC(c2cccc(Cl)c2F)Oc2ccc(Cl)cc21. The van der Waals surface area contributed by atoms with Gasteiger partial charge in [-0.05, 0) is 24.3 Å². The normalized spacial score (nSPS) is 21.2. The molecule has 0 radical (unpaired) electrons. The lowest BCUT2D eigenvalue weighted by Crippen LogP contribution is -2.20. The number of benzene rings is 2. The molecule has 0 amide bonds. The van der Waals surface area contributed by atoms with Crippen LogP contribution in [0.25, 0.3) is 0 Å². The van der Waals surface area contributed by atoms with Crippen molar-refractivity contribution in [3.05, 3.63) is 63.4 Å². The second-order valence-electron chi connectivity index (χ2n) is 4.68. The summed E-state index contributed by atoms with van der Waals surface area (Å²) in [5.41, 5.74) is 0.966. The Morgan fingerprint density at radius 2 is 1.95 bits per heavy atom. The minimum atomic E-state index is -0.749. The highest BCUT2D eigenvalue weighted by atomic mass is 35.5. The molecule has 0 fully saturated rings. The zero-order chi connectivity index (χ0) is 14.3. The fourth-order valence-electron chi connectivity index (χ4n) is 2.38. The summed E-state index contributed by atoms with van der Waals surface area (Å²) in [4.78, 5) is 0. The van der Waals surface area contributed by atoms with Gasteiger partial charge in [0.15, 0.2) is 0 Å². The van der Waals surface area contributed by atoms with Crippen LogP contribution < -0.4 is 4.74 Å². The van der Waals surface area contributed by atoms with E-state index in [1.807, 2.05) is 0 Å². The number of aliphatic hydroxyl groups is 1. The molecular formula is C15H11Cl2FO2. The lowest BCUT2D eigenvalue weighted by molar-refractivity contribution is 0.0640. The van der Waals surface area contributed by atoms with E-state index in [1.54, 1.807) is 30.3 Å². The van der Waals surface area contributed by atoms with E-state index in [1.165, 1.54) is 6.07 Å². The summed E-state index contributed by atoms with van der Waals surface area (Å²) in [5, 5.41) is 10.8. The molecule has 1 heterocycles. The van der Waals surface area contributed by atoms with E-state index >= 15 is 0 Å². The third-order valence-electron chi connectivity index (χ3n) is 3.37. The smallest absolute Gasteiger partial charge is 0.148 e. The van der Waals surface area contributed by atoms with Gasteiger partial charge in [-0.15, -0.1) is 0 Å². The molecule has 0 saturated heterocycles. The van der Waals surface area contributed by atoms with Crippen molar-refractivity contribution in [2.75, 3.05) is 0 Å². The average molecular weight is 313 g/mol. The molecule has 0 aromatic heterocycles. The van der Waals surface area contributed by atoms with Crippen LogP contribution in [0.5, 0.6) is 5.75 Å². The summed E-state index contributed by atoms with van der Waals surface area (Å²) < 4.78 is 19.8. The number of hydrogen-bond donors (Lipinski definition) is 1. The highest BCUT2D eigenvalue weighted by Crippen LogP contribution is 2.42. The maximum absolute atomic E-state index is 14.0. The summed E-state index contributed by atoms with van der Waals surface area (Å²) in [7, 11) is 0. The van der Waals surface area contributed by atoms with Crippen LogP contribution in [0.2, 0.25) is 10.0 Å². The minimum Gasteiger partial charge on any atom is -0.485 e. The van der Waals surface area contributed by atoms with Crippen LogP contribution in [-0.2, 0) is 0 Å². The first kappa shape index (κ1) is 13.7. The molecule has 0 saturated carbocycles. The van der Waals surface area contributed by atoms with Crippen molar-refractivity contribution in [3.8, 4) is 5.75 Å². The molecule has 1 aliphatic heterocycles. The van der Waals surface area contributed by atoms with Crippen LogP contribution >= 0.6 is 23.2 Å². The Hall–Kier alpha value is -1.29. The molecule has 104 valence electrons. The van der Waals surface area contributed by atoms with Gasteiger partial charge in [-0.3, -0.25) is 0 Å². The molecule has 0 aliphatic carbocycles. The third-order valence-corrected chi connectivity index (χ3v) is 3.89. The number of fused-ring (bicyclic) bond motifs is 1. The molecule has 1 aliphatic rings.